The van der Waals surface area contributed by atoms with E-state index in [1.54, 1.807) is 24.8 Å². The Balaban J connectivity index is 2.26. The molecule has 0 radical (unpaired) electrons. The summed E-state index contributed by atoms with van der Waals surface area (Å²) in [6.45, 7) is 8.10. The van der Waals surface area contributed by atoms with Crippen molar-refractivity contribution in [2.24, 2.45) is 5.92 Å². The summed E-state index contributed by atoms with van der Waals surface area (Å²) in [6, 6.07) is 3.59. The van der Waals surface area contributed by atoms with E-state index >= 15 is 0 Å². The summed E-state index contributed by atoms with van der Waals surface area (Å²) in [4.78, 5) is 42.8. The average molecular weight is 391 g/mol. The topological polar surface area (TPSA) is 79.5 Å². The van der Waals surface area contributed by atoms with E-state index in [2.05, 4.69) is 18.8 Å². The number of amides is 1. The van der Waals surface area contributed by atoms with Crippen molar-refractivity contribution in [3.05, 3.63) is 44.9 Å². The molecule has 0 bridgehead atoms. The maximum absolute atomic E-state index is 13.0. The van der Waals surface area contributed by atoms with Crippen LogP contribution in [0, 0.1) is 19.8 Å². The van der Waals surface area contributed by atoms with E-state index in [4.69, 9.17) is 4.74 Å². The summed E-state index contributed by atoms with van der Waals surface area (Å²) in [5, 5.41) is 1.85. The van der Waals surface area contributed by atoms with Gasteiger partial charge >= 0.3 is 5.97 Å². The van der Waals surface area contributed by atoms with Gasteiger partial charge in [-0.15, -0.1) is 11.3 Å². The minimum atomic E-state index is -0.513. The van der Waals surface area contributed by atoms with Crippen LogP contribution in [0.1, 0.15) is 62.0 Å². The third kappa shape index (κ3) is 4.86. The molecular formula is C20H26N2O4S. The Bertz CT molecular complexity index is 821. The van der Waals surface area contributed by atoms with Crippen LogP contribution in [0.2, 0.25) is 0 Å². The molecule has 0 aromatic carbocycles. The second-order valence-electron chi connectivity index (χ2n) is 6.93. The zero-order valence-electron chi connectivity index (χ0n) is 16.4. The highest BCUT2D eigenvalue weighted by molar-refractivity contribution is 7.12. The number of rotatable bonds is 8. The first kappa shape index (κ1) is 20.9. The van der Waals surface area contributed by atoms with Crippen molar-refractivity contribution < 1.29 is 19.1 Å². The fourth-order valence-corrected chi connectivity index (χ4v) is 3.64. The molecule has 2 rings (SSSR count). The Kier molecular flexibility index (Phi) is 6.96. The number of nitrogens with zero attached hydrogens (tertiary/aromatic N) is 1. The molecule has 2 aromatic heterocycles. The maximum atomic E-state index is 13.0. The second-order valence-corrected chi connectivity index (χ2v) is 7.87. The van der Waals surface area contributed by atoms with E-state index in [-0.39, 0.29) is 23.9 Å². The number of Topliss-reactive ketones (excluding diaryl/α,β-unsaturated/α-hetero) is 1. The highest BCUT2D eigenvalue weighted by Gasteiger charge is 2.26. The fraction of sp³-hybridized carbons (Fsp3) is 0.450. The number of esters is 1. The number of ketones is 1. The molecule has 0 aliphatic heterocycles. The number of aryl methyl sites for hydroxylation is 1. The average Bonchev–Trinajstić information content (AvgIpc) is 3.25. The molecule has 0 spiro atoms. The molecule has 2 heterocycles. The Morgan fingerprint density at radius 3 is 2.52 bits per heavy atom. The minimum absolute atomic E-state index is 0.0242. The molecule has 6 nitrogen and oxygen atoms in total. The zero-order valence-corrected chi connectivity index (χ0v) is 17.2. The molecule has 2 aromatic rings. The lowest BCUT2D eigenvalue weighted by molar-refractivity contribution is 0.0593. The zero-order chi connectivity index (χ0) is 20.1. The predicted octanol–water partition coefficient (Wildman–Crippen LogP) is 3.85. The maximum Gasteiger partial charge on any atom is 0.354 e. The molecule has 0 fully saturated rings. The van der Waals surface area contributed by atoms with Crippen LogP contribution < -0.4 is 0 Å². The molecule has 0 saturated heterocycles. The number of methoxy groups -OCH3 is 1. The lowest BCUT2D eigenvalue weighted by Crippen LogP contribution is -2.37. The van der Waals surface area contributed by atoms with Crippen molar-refractivity contribution in [3.8, 4) is 0 Å². The third-order valence-electron chi connectivity index (χ3n) is 4.44. The van der Waals surface area contributed by atoms with Crippen LogP contribution in [0.5, 0.6) is 0 Å². The monoisotopic (exact) mass is 390 g/mol. The second kappa shape index (κ2) is 8.99. The van der Waals surface area contributed by atoms with E-state index in [0.29, 0.717) is 34.2 Å². The van der Waals surface area contributed by atoms with Crippen LogP contribution in [-0.4, -0.2) is 47.7 Å². The van der Waals surface area contributed by atoms with Gasteiger partial charge in [0, 0.05) is 17.8 Å². The first-order valence-electron chi connectivity index (χ1n) is 8.89. The van der Waals surface area contributed by atoms with Crippen LogP contribution in [0.4, 0.5) is 0 Å². The Labute approximate surface area is 163 Å². The van der Waals surface area contributed by atoms with Crippen molar-refractivity contribution in [1.29, 1.82) is 0 Å². The van der Waals surface area contributed by atoms with Crippen LogP contribution in [0.25, 0.3) is 0 Å². The number of nitrogens with one attached hydrogen (secondary N) is 1. The molecular weight excluding hydrogens is 364 g/mol. The largest absolute Gasteiger partial charge is 0.464 e. The summed E-state index contributed by atoms with van der Waals surface area (Å²) in [5.74, 6) is -0.426. The van der Waals surface area contributed by atoms with Crippen molar-refractivity contribution in [3.63, 3.8) is 0 Å². The number of carbonyl (C=O) groups is 3. The van der Waals surface area contributed by atoms with E-state index in [1.807, 2.05) is 11.4 Å². The molecule has 1 amide bonds. The van der Waals surface area contributed by atoms with Gasteiger partial charge < -0.3 is 14.6 Å². The number of hydrogen-bond acceptors (Lipinski definition) is 5. The summed E-state index contributed by atoms with van der Waals surface area (Å²) < 4.78 is 4.75. The van der Waals surface area contributed by atoms with Crippen molar-refractivity contribution in [2.45, 2.75) is 34.1 Å². The van der Waals surface area contributed by atoms with Crippen LogP contribution in [0.15, 0.2) is 17.5 Å². The van der Waals surface area contributed by atoms with Crippen molar-refractivity contribution in [1.82, 2.24) is 9.88 Å². The molecule has 0 unspecified atom stereocenters. The standard InChI is InChI=1S/C20H26N2O4S/c1-12(2)8-9-22(19(24)16-7-6-10-27-16)11-15(23)17-13(3)18(20(25)26-5)21-14(17)4/h6-7,10,12,21H,8-9,11H2,1-5H3. The predicted molar refractivity (Wildman–Crippen MR) is 106 cm³/mol. The molecule has 0 aliphatic rings. The number of carbonyl (C=O) groups excluding carboxylic acids is 3. The van der Waals surface area contributed by atoms with Gasteiger partial charge in [-0.3, -0.25) is 9.59 Å². The van der Waals surface area contributed by atoms with Gasteiger partial charge in [0.15, 0.2) is 5.78 Å². The summed E-state index contributed by atoms with van der Waals surface area (Å²) in [6.07, 6.45) is 0.808. The van der Waals surface area contributed by atoms with Gasteiger partial charge in [0.25, 0.3) is 5.91 Å². The van der Waals surface area contributed by atoms with E-state index < -0.39 is 5.97 Å². The Morgan fingerprint density at radius 2 is 1.96 bits per heavy atom. The first-order valence-corrected chi connectivity index (χ1v) is 9.77. The van der Waals surface area contributed by atoms with Crippen molar-refractivity contribution >= 4 is 29.0 Å². The summed E-state index contributed by atoms with van der Waals surface area (Å²) >= 11 is 1.36. The normalized spacial score (nSPS) is 10.9. The quantitative estimate of drug-likeness (QED) is 0.548. The molecule has 1 N–H and O–H groups in total. The van der Waals surface area contributed by atoms with Gasteiger partial charge in [-0.2, -0.15) is 0 Å². The lowest BCUT2D eigenvalue weighted by atomic mass is 10.0. The van der Waals surface area contributed by atoms with Crippen LogP contribution in [0.3, 0.4) is 0 Å². The lowest BCUT2D eigenvalue weighted by Gasteiger charge is -2.22. The van der Waals surface area contributed by atoms with E-state index in [1.165, 1.54) is 18.4 Å². The molecule has 0 saturated carbocycles. The van der Waals surface area contributed by atoms with Gasteiger partial charge in [-0.25, -0.2) is 4.79 Å². The van der Waals surface area contributed by atoms with Gasteiger partial charge in [-0.05, 0) is 43.2 Å². The Morgan fingerprint density at radius 1 is 1.26 bits per heavy atom. The smallest absolute Gasteiger partial charge is 0.354 e. The first-order chi connectivity index (χ1) is 12.8. The van der Waals surface area contributed by atoms with Gasteiger partial charge in [0.1, 0.15) is 5.69 Å². The van der Waals surface area contributed by atoms with Gasteiger partial charge in [-0.1, -0.05) is 19.9 Å². The SMILES string of the molecule is COC(=O)c1[nH]c(C)c(C(=O)CN(CCC(C)C)C(=O)c2cccs2)c1C. The molecule has 0 aliphatic carbocycles. The summed E-state index contributed by atoms with van der Waals surface area (Å²) in [7, 11) is 1.30. The number of aromatic nitrogens is 1. The Hall–Kier alpha value is -2.41. The number of thiophene rings is 1. The molecule has 146 valence electrons. The molecule has 0 atom stereocenters. The van der Waals surface area contributed by atoms with Crippen LogP contribution >= 0.6 is 11.3 Å². The molecule has 27 heavy (non-hydrogen) atoms. The number of hydrogen-bond donors (Lipinski definition) is 1. The minimum Gasteiger partial charge on any atom is -0.464 e. The van der Waals surface area contributed by atoms with E-state index in [0.717, 1.165) is 6.42 Å². The van der Waals surface area contributed by atoms with Gasteiger partial charge in [0.05, 0.1) is 18.5 Å². The van der Waals surface area contributed by atoms with E-state index in [9.17, 15) is 14.4 Å². The highest BCUT2D eigenvalue weighted by atomic mass is 32.1. The number of aromatic amines is 1. The fourth-order valence-electron chi connectivity index (χ4n) is 2.95. The molecule has 7 heteroatoms. The van der Waals surface area contributed by atoms with Crippen molar-refractivity contribution in [2.75, 3.05) is 20.2 Å². The third-order valence-corrected chi connectivity index (χ3v) is 5.29. The van der Waals surface area contributed by atoms with Gasteiger partial charge in [0.2, 0.25) is 0 Å². The number of ether oxygens (including phenoxy) is 1. The summed E-state index contributed by atoms with van der Waals surface area (Å²) in [5.41, 5.74) is 1.88. The van der Waals surface area contributed by atoms with Crippen LogP contribution in [-0.2, 0) is 4.74 Å². The highest BCUT2D eigenvalue weighted by Crippen LogP contribution is 2.21. The number of H-pyrrole nitrogens is 1.